The van der Waals surface area contributed by atoms with Crippen molar-refractivity contribution < 1.29 is 9.72 Å². The van der Waals surface area contributed by atoms with Gasteiger partial charge >= 0.3 is 0 Å². The van der Waals surface area contributed by atoms with Crippen LogP contribution in [0, 0.1) is 10.1 Å². The van der Waals surface area contributed by atoms with Crippen molar-refractivity contribution in [2.45, 2.75) is 25.7 Å². The van der Waals surface area contributed by atoms with Crippen LogP contribution >= 0.6 is 11.6 Å². The summed E-state index contributed by atoms with van der Waals surface area (Å²) >= 11 is 5.62. The van der Waals surface area contributed by atoms with E-state index in [1.165, 1.54) is 12.1 Å². The summed E-state index contributed by atoms with van der Waals surface area (Å²) in [6, 6.07) is 4.54. The lowest BCUT2D eigenvalue weighted by Crippen LogP contribution is -2.38. The van der Waals surface area contributed by atoms with Crippen LogP contribution in [-0.4, -0.2) is 34.7 Å². The standard InChI is InChI=1S/C14H17ClN2O3/c15-7-2-1-3-8-16-9-6-11-4-5-12(17(19)20)10-13(11)14(16)18/h4-5,10H,1-3,6-9H2. The summed E-state index contributed by atoms with van der Waals surface area (Å²) in [7, 11) is 0. The molecule has 0 fully saturated rings. The SMILES string of the molecule is O=C1c2cc([N+](=O)[O-])ccc2CCN1CCCCCCl. The van der Waals surface area contributed by atoms with Gasteiger partial charge in [0.15, 0.2) is 0 Å². The first kappa shape index (κ1) is 14.8. The molecule has 1 aromatic rings. The minimum Gasteiger partial charge on any atom is -0.338 e. The lowest BCUT2D eigenvalue weighted by atomic mass is 9.98. The molecule has 0 saturated heterocycles. The van der Waals surface area contributed by atoms with E-state index in [0.717, 1.165) is 31.2 Å². The number of rotatable bonds is 6. The van der Waals surface area contributed by atoms with Crippen molar-refractivity contribution in [3.05, 3.63) is 39.4 Å². The molecule has 0 unspecified atom stereocenters. The van der Waals surface area contributed by atoms with Crippen molar-refractivity contribution in [1.29, 1.82) is 0 Å². The molecule has 0 N–H and O–H groups in total. The second kappa shape index (κ2) is 6.70. The summed E-state index contributed by atoms with van der Waals surface area (Å²) in [4.78, 5) is 24.4. The minimum absolute atomic E-state index is 0.0268. The van der Waals surface area contributed by atoms with E-state index >= 15 is 0 Å². The summed E-state index contributed by atoms with van der Waals surface area (Å²) in [6.45, 7) is 1.38. The van der Waals surface area contributed by atoms with Gasteiger partial charge in [-0.1, -0.05) is 12.5 Å². The largest absolute Gasteiger partial charge is 0.338 e. The summed E-state index contributed by atoms with van der Waals surface area (Å²) in [5.74, 6) is 0.545. The van der Waals surface area contributed by atoms with Gasteiger partial charge in [-0.2, -0.15) is 0 Å². The topological polar surface area (TPSA) is 63.4 Å². The highest BCUT2D eigenvalue weighted by atomic mass is 35.5. The van der Waals surface area contributed by atoms with Crippen LogP contribution in [0.5, 0.6) is 0 Å². The van der Waals surface area contributed by atoms with E-state index in [1.54, 1.807) is 11.0 Å². The highest BCUT2D eigenvalue weighted by molar-refractivity contribution is 6.17. The van der Waals surface area contributed by atoms with Crippen LogP contribution in [0.3, 0.4) is 0 Å². The van der Waals surface area contributed by atoms with Crippen LogP contribution in [0.2, 0.25) is 0 Å². The van der Waals surface area contributed by atoms with E-state index in [-0.39, 0.29) is 11.6 Å². The second-order valence-electron chi connectivity index (χ2n) is 4.89. The summed E-state index contributed by atoms with van der Waals surface area (Å²) in [5.41, 5.74) is 1.35. The summed E-state index contributed by atoms with van der Waals surface area (Å²) < 4.78 is 0. The number of nitro groups is 1. The quantitative estimate of drug-likeness (QED) is 0.351. The van der Waals surface area contributed by atoms with Crippen LogP contribution < -0.4 is 0 Å². The number of nitrogens with zero attached hydrogens (tertiary/aromatic N) is 2. The molecular formula is C14H17ClN2O3. The number of hydrogen-bond donors (Lipinski definition) is 0. The number of carbonyl (C=O) groups is 1. The zero-order valence-electron chi connectivity index (χ0n) is 11.2. The number of alkyl halides is 1. The number of non-ortho nitro benzene ring substituents is 1. The van der Waals surface area contributed by atoms with E-state index in [9.17, 15) is 14.9 Å². The predicted octanol–water partition coefficient (Wildman–Crippen LogP) is 3.00. The van der Waals surface area contributed by atoms with Crippen molar-refractivity contribution >= 4 is 23.2 Å². The molecule has 5 nitrogen and oxygen atoms in total. The second-order valence-corrected chi connectivity index (χ2v) is 5.27. The zero-order valence-corrected chi connectivity index (χ0v) is 11.9. The number of amides is 1. The molecule has 0 saturated carbocycles. The Hall–Kier alpha value is -1.62. The Labute approximate surface area is 122 Å². The lowest BCUT2D eigenvalue weighted by molar-refractivity contribution is -0.384. The molecule has 20 heavy (non-hydrogen) atoms. The molecule has 1 heterocycles. The van der Waals surface area contributed by atoms with Crippen molar-refractivity contribution in [2.24, 2.45) is 0 Å². The van der Waals surface area contributed by atoms with Crippen LogP contribution in [0.25, 0.3) is 0 Å². The average molecular weight is 297 g/mol. The van der Waals surface area contributed by atoms with Gasteiger partial charge in [0.2, 0.25) is 0 Å². The molecule has 0 aliphatic carbocycles. The Kier molecular flexibility index (Phi) is 4.95. The molecule has 1 amide bonds. The van der Waals surface area contributed by atoms with Crippen molar-refractivity contribution in [1.82, 2.24) is 4.90 Å². The molecule has 1 aromatic carbocycles. The highest BCUT2D eigenvalue weighted by Gasteiger charge is 2.25. The number of benzene rings is 1. The first-order valence-electron chi connectivity index (χ1n) is 6.76. The average Bonchev–Trinajstić information content (AvgIpc) is 2.45. The van der Waals surface area contributed by atoms with Gasteiger partial charge < -0.3 is 4.90 Å². The smallest absolute Gasteiger partial charge is 0.270 e. The first-order chi connectivity index (χ1) is 9.63. The zero-order chi connectivity index (χ0) is 14.5. The van der Waals surface area contributed by atoms with Crippen LogP contribution in [-0.2, 0) is 6.42 Å². The van der Waals surface area contributed by atoms with Gasteiger partial charge in [0.25, 0.3) is 11.6 Å². The fourth-order valence-electron chi connectivity index (χ4n) is 2.41. The monoisotopic (exact) mass is 296 g/mol. The van der Waals surface area contributed by atoms with Crippen molar-refractivity contribution in [3.8, 4) is 0 Å². The molecule has 0 bridgehead atoms. The normalized spacial score (nSPS) is 14.2. The minimum atomic E-state index is -0.465. The third-order valence-electron chi connectivity index (χ3n) is 3.53. The van der Waals surface area contributed by atoms with Gasteiger partial charge in [-0.05, 0) is 24.8 Å². The first-order valence-corrected chi connectivity index (χ1v) is 7.29. The lowest BCUT2D eigenvalue weighted by Gasteiger charge is -2.28. The molecule has 0 atom stereocenters. The number of halogens is 1. The molecule has 0 spiro atoms. The van der Waals surface area contributed by atoms with E-state index in [0.29, 0.717) is 24.5 Å². The summed E-state index contributed by atoms with van der Waals surface area (Å²) in [6.07, 6.45) is 3.62. The Bertz CT molecular complexity index is 519. The van der Waals surface area contributed by atoms with E-state index in [2.05, 4.69) is 0 Å². The molecule has 6 heteroatoms. The fraction of sp³-hybridized carbons (Fsp3) is 0.500. The van der Waals surface area contributed by atoms with E-state index in [4.69, 9.17) is 11.6 Å². The van der Waals surface area contributed by atoms with E-state index < -0.39 is 4.92 Å². The maximum atomic E-state index is 12.3. The molecule has 1 aliphatic rings. The maximum Gasteiger partial charge on any atom is 0.270 e. The molecule has 1 aliphatic heterocycles. The van der Waals surface area contributed by atoms with Gasteiger partial charge in [-0.15, -0.1) is 11.6 Å². The highest BCUT2D eigenvalue weighted by Crippen LogP contribution is 2.24. The Morgan fingerprint density at radius 3 is 2.80 bits per heavy atom. The molecule has 0 aromatic heterocycles. The van der Waals surface area contributed by atoms with Gasteiger partial charge in [0, 0.05) is 36.7 Å². The van der Waals surface area contributed by atoms with Crippen molar-refractivity contribution in [2.75, 3.05) is 19.0 Å². The number of unbranched alkanes of at least 4 members (excludes halogenated alkanes) is 2. The molecule has 2 rings (SSSR count). The fourth-order valence-corrected chi connectivity index (χ4v) is 2.60. The molecular weight excluding hydrogens is 280 g/mol. The Morgan fingerprint density at radius 2 is 2.10 bits per heavy atom. The van der Waals surface area contributed by atoms with Gasteiger partial charge in [-0.3, -0.25) is 14.9 Å². The number of nitro benzene ring substituents is 1. The van der Waals surface area contributed by atoms with Crippen LogP contribution in [0.4, 0.5) is 5.69 Å². The Balaban J connectivity index is 2.07. The third-order valence-corrected chi connectivity index (χ3v) is 3.80. The van der Waals surface area contributed by atoms with Crippen LogP contribution in [0.1, 0.15) is 35.2 Å². The number of carbonyl (C=O) groups excluding carboxylic acids is 1. The Morgan fingerprint density at radius 1 is 1.30 bits per heavy atom. The van der Waals surface area contributed by atoms with Crippen LogP contribution in [0.15, 0.2) is 18.2 Å². The van der Waals surface area contributed by atoms with Gasteiger partial charge in [0.1, 0.15) is 0 Å². The number of fused-ring (bicyclic) bond motifs is 1. The number of hydrogen-bond acceptors (Lipinski definition) is 3. The van der Waals surface area contributed by atoms with Crippen molar-refractivity contribution in [3.63, 3.8) is 0 Å². The molecule has 0 radical (unpaired) electrons. The predicted molar refractivity (Wildman–Crippen MR) is 77.3 cm³/mol. The molecule has 108 valence electrons. The maximum absolute atomic E-state index is 12.3. The third kappa shape index (κ3) is 3.28. The van der Waals surface area contributed by atoms with E-state index in [1.807, 2.05) is 0 Å². The summed E-state index contributed by atoms with van der Waals surface area (Å²) in [5, 5.41) is 10.8. The van der Waals surface area contributed by atoms with Gasteiger partial charge in [-0.25, -0.2) is 0 Å². The van der Waals surface area contributed by atoms with Gasteiger partial charge in [0.05, 0.1) is 4.92 Å².